The molecule has 0 aromatic rings. The van der Waals surface area contributed by atoms with Crippen LogP contribution < -0.4 is 0 Å². The average Bonchev–Trinajstić information content (AvgIpc) is 2.75. The molecule has 1 unspecified atom stereocenters. The van der Waals surface area contributed by atoms with Crippen LogP contribution in [0.25, 0.3) is 0 Å². The van der Waals surface area contributed by atoms with Crippen molar-refractivity contribution in [1.29, 1.82) is 0 Å². The number of esters is 2. The summed E-state index contributed by atoms with van der Waals surface area (Å²) in [5.74, 6) is 0.310. The van der Waals surface area contributed by atoms with Gasteiger partial charge in [0.1, 0.15) is 0 Å². The Kier molecular flexibility index (Phi) is 23.3. The summed E-state index contributed by atoms with van der Waals surface area (Å²) in [6, 6.07) is 0. The highest BCUT2D eigenvalue weighted by atomic mass is 16.5. The highest BCUT2D eigenvalue weighted by Gasteiger charge is 2.11. The first-order valence-corrected chi connectivity index (χ1v) is 14.3. The van der Waals surface area contributed by atoms with Gasteiger partial charge in [-0.3, -0.25) is 9.59 Å². The van der Waals surface area contributed by atoms with E-state index >= 15 is 0 Å². The first kappa shape index (κ1) is 31.9. The van der Waals surface area contributed by atoms with Gasteiger partial charge in [0.2, 0.25) is 0 Å². The Labute approximate surface area is 206 Å². The lowest BCUT2D eigenvalue weighted by molar-refractivity contribution is -0.149. The van der Waals surface area contributed by atoms with Crippen LogP contribution in [-0.4, -0.2) is 24.6 Å². The van der Waals surface area contributed by atoms with Crippen molar-refractivity contribution in [1.82, 2.24) is 0 Å². The minimum absolute atomic E-state index is 0.0117. The second-order valence-corrected chi connectivity index (χ2v) is 10.3. The van der Waals surface area contributed by atoms with Crippen LogP contribution in [0, 0.1) is 5.92 Å². The van der Waals surface area contributed by atoms with Crippen LogP contribution >= 0.6 is 0 Å². The van der Waals surface area contributed by atoms with Gasteiger partial charge in [-0.2, -0.15) is 0 Å². The van der Waals surface area contributed by atoms with E-state index in [9.17, 15) is 9.59 Å². The van der Waals surface area contributed by atoms with Gasteiger partial charge in [0.25, 0.3) is 0 Å². The van der Waals surface area contributed by atoms with Crippen LogP contribution in [0.4, 0.5) is 0 Å². The standard InChI is InChI=1S/C29H56O4/c1-5-6-7-8-9-10-11-12-13-14-15-16-17-21-24-32-28(30)22-19-18-20-23-29(31)33-27(4)25-26(2)3/h26-27H,5-25H2,1-4H3. The van der Waals surface area contributed by atoms with Gasteiger partial charge in [-0.25, -0.2) is 0 Å². The Balaban J connectivity index is 3.31. The molecule has 0 spiro atoms. The molecule has 4 heteroatoms. The molecule has 1 atom stereocenters. The summed E-state index contributed by atoms with van der Waals surface area (Å²) < 4.78 is 10.7. The summed E-state index contributed by atoms with van der Waals surface area (Å²) in [5, 5.41) is 0. The van der Waals surface area contributed by atoms with Crippen molar-refractivity contribution in [3.63, 3.8) is 0 Å². The van der Waals surface area contributed by atoms with Gasteiger partial charge in [0.15, 0.2) is 0 Å². The first-order chi connectivity index (χ1) is 16.0. The molecule has 0 saturated heterocycles. The molecule has 196 valence electrons. The average molecular weight is 469 g/mol. The summed E-state index contributed by atoms with van der Waals surface area (Å²) in [6.07, 6.45) is 22.8. The molecule has 0 heterocycles. The monoisotopic (exact) mass is 468 g/mol. The zero-order chi connectivity index (χ0) is 24.6. The molecule has 0 amide bonds. The molecule has 4 nitrogen and oxygen atoms in total. The molecule has 0 saturated carbocycles. The van der Waals surface area contributed by atoms with E-state index in [1.54, 1.807) is 0 Å². The van der Waals surface area contributed by atoms with E-state index in [2.05, 4.69) is 20.8 Å². The maximum atomic E-state index is 11.8. The molecule has 0 aromatic heterocycles. The Hall–Kier alpha value is -1.06. The van der Waals surface area contributed by atoms with Crippen LogP contribution in [0.3, 0.4) is 0 Å². The van der Waals surface area contributed by atoms with Gasteiger partial charge in [0, 0.05) is 12.8 Å². The molecule has 0 rings (SSSR count). The number of hydrogen-bond acceptors (Lipinski definition) is 4. The van der Waals surface area contributed by atoms with Crippen LogP contribution in [-0.2, 0) is 19.1 Å². The summed E-state index contributed by atoms with van der Waals surface area (Å²) in [7, 11) is 0. The summed E-state index contributed by atoms with van der Waals surface area (Å²) in [4.78, 5) is 23.6. The number of hydrogen-bond donors (Lipinski definition) is 0. The third-order valence-electron chi connectivity index (χ3n) is 6.16. The molecular formula is C29H56O4. The van der Waals surface area contributed by atoms with Crippen molar-refractivity contribution in [3.8, 4) is 0 Å². The molecule has 0 aliphatic heterocycles. The molecule has 0 radical (unpaired) electrons. The fourth-order valence-electron chi connectivity index (χ4n) is 4.27. The minimum Gasteiger partial charge on any atom is -0.466 e. The van der Waals surface area contributed by atoms with Gasteiger partial charge in [-0.15, -0.1) is 0 Å². The number of carbonyl (C=O) groups excluding carboxylic acids is 2. The van der Waals surface area contributed by atoms with Crippen LogP contribution in [0.2, 0.25) is 0 Å². The molecule has 33 heavy (non-hydrogen) atoms. The predicted octanol–water partition coefficient (Wildman–Crippen LogP) is 8.94. The molecule has 0 aromatic carbocycles. The fraction of sp³-hybridized carbons (Fsp3) is 0.931. The Bertz CT molecular complexity index is 447. The highest BCUT2D eigenvalue weighted by molar-refractivity contribution is 5.70. The zero-order valence-electron chi connectivity index (χ0n) is 22.6. The maximum absolute atomic E-state index is 11.8. The fourth-order valence-corrected chi connectivity index (χ4v) is 4.27. The van der Waals surface area contributed by atoms with Crippen molar-refractivity contribution in [2.45, 2.75) is 162 Å². The summed E-state index contributed by atoms with van der Waals surface area (Å²) >= 11 is 0. The second-order valence-electron chi connectivity index (χ2n) is 10.3. The summed E-state index contributed by atoms with van der Waals surface area (Å²) in [5.41, 5.74) is 0. The van der Waals surface area contributed by atoms with E-state index in [0.717, 1.165) is 38.5 Å². The van der Waals surface area contributed by atoms with Crippen molar-refractivity contribution in [2.75, 3.05) is 6.61 Å². The Morgan fingerprint density at radius 3 is 1.48 bits per heavy atom. The second kappa shape index (κ2) is 24.1. The van der Waals surface area contributed by atoms with Crippen LogP contribution in [0.15, 0.2) is 0 Å². The minimum atomic E-state index is -0.122. The largest absolute Gasteiger partial charge is 0.466 e. The lowest BCUT2D eigenvalue weighted by Crippen LogP contribution is -2.16. The van der Waals surface area contributed by atoms with Crippen LogP contribution in [0.5, 0.6) is 0 Å². The number of unbranched alkanes of at least 4 members (excludes halogenated alkanes) is 15. The quantitative estimate of drug-likeness (QED) is 0.105. The third kappa shape index (κ3) is 25.4. The van der Waals surface area contributed by atoms with Gasteiger partial charge in [-0.1, -0.05) is 111 Å². The van der Waals surface area contributed by atoms with Gasteiger partial charge < -0.3 is 9.47 Å². The number of ether oxygens (including phenoxy) is 2. The van der Waals surface area contributed by atoms with Crippen molar-refractivity contribution in [2.24, 2.45) is 5.92 Å². The van der Waals surface area contributed by atoms with Gasteiger partial charge >= 0.3 is 11.9 Å². The Morgan fingerprint density at radius 2 is 1.00 bits per heavy atom. The lowest BCUT2D eigenvalue weighted by atomic mass is 10.0. The van der Waals surface area contributed by atoms with E-state index < -0.39 is 0 Å². The normalized spacial score (nSPS) is 12.2. The molecule has 0 aliphatic carbocycles. The van der Waals surface area contributed by atoms with E-state index in [1.165, 1.54) is 77.0 Å². The molecule has 0 N–H and O–H groups in total. The van der Waals surface area contributed by atoms with Crippen molar-refractivity contribution >= 4 is 11.9 Å². The topological polar surface area (TPSA) is 52.6 Å². The number of rotatable bonds is 24. The van der Waals surface area contributed by atoms with E-state index in [-0.39, 0.29) is 18.0 Å². The molecule has 0 aliphatic rings. The zero-order valence-corrected chi connectivity index (χ0v) is 22.6. The van der Waals surface area contributed by atoms with Gasteiger partial charge in [0.05, 0.1) is 12.7 Å². The van der Waals surface area contributed by atoms with E-state index in [0.29, 0.717) is 25.4 Å². The maximum Gasteiger partial charge on any atom is 0.306 e. The predicted molar refractivity (Wildman–Crippen MR) is 139 cm³/mol. The lowest BCUT2D eigenvalue weighted by Gasteiger charge is -2.15. The van der Waals surface area contributed by atoms with Crippen LogP contribution in [0.1, 0.15) is 156 Å². The summed E-state index contributed by atoms with van der Waals surface area (Å²) in [6.45, 7) is 9.03. The van der Waals surface area contributed by atoms with E-state index in [1.807, 2.05) is 6.92 Å². The SMILES string of the molecule is CCCCCCCCCCCCCCCCOC(=O)CCCCCC(=O)OC(C)CC(C)C. The Morgan fingerprint density at radius 1 is 0.576 bits per heavy atom. The van der Waals surface area contributed by atoms with Crippen molar-refractivity contribution in [3.05, 3.63) is 0 Å². The highest BCUT2D eigenvalue weighted by Crippen LogP contribution is 2.13. The first-order valence-electron chi connectivity index (χ1n) is 14.3. The number of carbonyl (C=O) groups is 2. The van der Waals surface area contributed by atoms with E-state index in [4.69, 9.17) is 9.47 Å². The van der Waals surface area contributed by atoms with Gasteiger partial charge in [-0.05, 0) is 38.5 Å². The smallest absolute Gasteiger partial charge is 0.306 e. The molecule has 0 bridgehead atoms. The van der Waals surface area contributed by atoms with Crippen molar-refractivity contribution < 1.29 is 19.1 Å². The molecular weight excluding hydrogens is 412 g/mol. The molecule has 0 fully saturated rings. The third-order valence-corrected chi connectivity index (χ3v) is 6.16.